The molecule has 1 aromatic rings. The third-order valence-electron chi connectivity index (χ3n) is 4.14. The second-order valence-electron chi connectivity index (χ2n) is 6.14. The fraction of sp³-hybridized carbons (Fsp3) is 0.733. The Morgan fingerprint density at radius 3 is 2.95 bits per heavy atom. The Labute approximate surface area is 130 Å². The lowest BCUT2D eigenvalue weighted by Gasteiger charge is -2.33. The number of hydrogen-bond acceptors (Lipinski definition) is 6. The van der Waals surface area contributed by atoms with Crippen LogP contribution < -0.4 is 4.74 Å². The summed E-state index contributed by atoms with van der Waals surface area (Å²) in [6.45, 7) is 3.83. The third kappa shape index (κ3) is 3.78. The summed E-state index contributed by atoms with van der Waals surface area (Å²) in [7, 11) is 3.57. The van der Waals surface area contributed by atoms with Crippen LogP contribution in [0, 0.1) is 5.92 Å². The molecule has 1 saturated carbocycles. The molecule has 0 radical (unpaired) electrons. The molecule has 1 saturated heterocycles. The second-order valence-corrected chi connectivity index (χ2v) is 6.14. The van der Waals surface area contributed by atoms with E-state index in [2.05, 4.69) is 17.1 Å². The number of nitrogens with zero attached hydrogens (tertiary/aromatic N) is 3. The zero-order valence-corrected chi connectivity index (χ0v) is 13.2. The molecule has 0 bridgehead atoms. The van der Waals surface area contributed by atoms with Gasteiger partial charge in [-0.3, -0.25) is 4.79 Å². The average Bonchev–Trinajstić information content (AvgIpc) is 3.19. The van der Waals surface area contributed by atoms with Crippen LogP contribution in [0.2, 0.25) is 0 Å². The summed E-state index contributed by atoms with van der Waals surface area (Å²) in [5.41, 5.74) is 0. The van der Waals surface area contributed by atoms with Gasteiger partial charge in [0.25, 0.3) is 11.8 Å². The summed E-state index contributed by atoms with van der Waals surface area (Å²) in [5.74, 6) is 1.01. The minimum atomic E-state index is -0.139. The predicted molar refractivity (Wildman–Crippen MR) is 78.9 cm³/mol. The van der Waals surface area contributed by atoms with Crippen molar-refractivity contribution in [1.82, 2.24) is 15.0 Å². The van der Waals surface area contributed by atoms with Gasteiger partial charge in [0.05, 0.1) is 25.9 Å². The van der Waals surface area contributed by atoms with E-state index < -0.39 is 0 Å². The van der Waals surface area contributed by atoms with Gasteiger partial charge in [-0.05, 0) is 31.0 Å². The van der Waals surface area contributed by atoms with Crippen LogP contribution in [0.25, 0.3) is 0 Å². The standard InChI is InChI=1S/C15H23N3O4/c1-17-5-6-21-12(9-17)10-18(8-11-3-4-11)15(19)13-7-14(20-2)16-22-13/h7,11-12H,3-6,8-10H2,1-2H3. The Morgan fingerprint density at radius 2 is 2.32 bits per heavy atom. The Kier molecular flexibility index (Phi) is 4.63. The molecular formula is C15H23N3O4. The summed E-state index contributed by atoms with van der Waals surface area (Å²) in [6, 6.07) is 1.54. The van der Waals surface area contributed by atoms with E-state index in [-0.39, 0.29) is 17.8 Å². The van der Waals surface area contributed by atoms with Crippen LogP contribution in [0.4, 0.5) is 0 Å². The van der Waals surface area contributed by atoms with Gasteiger partial charge in [-0.2, -0.15) is 0 Å². The lowest BCUT2D eigenvalue weighted by molar-refractivity contribution is -0.0335. The molecule has 22 heavy (non-hydrogen) atoms. The van der Waals surface area contributed by atoms with Gasteiger partial charge in [-0.25, -0.2) is 0 Å². The molecule has 1 amide bonds. The van der Waals surface area contributed by atoms with Gasteiger partial charge in [0.15, 0.2) is 0 Å². The van der Waals surface area contributed by atoms with Gasteiger partial charge in [-0.15, -0.1) is 0 Å². The minimum absolute atomic E-state index is 0.0475. The second kappa shape index (κ2) is 6.66. The van der Waals surface area contributed by atoms with Crippen LogP contribution in [0.3, 0.4) is 0 Å². The van der Waals surface area contributed by atoms with Crippen LogP contribution in [-0.2, 0) is 4.74 Å². The highest BCUT2D eigenvalue weighted by atomic mass is 16.5. The lowest BCUT2D eigenvalue weighted by atomic mass is 10.2. The maximum atomic E-state index is 12.7. The molecule has 7 heteroatoms. The zero-order valence-electron chi connectivity index (χ0n) is 13.2. The van der Waals surface area contributed by atoms with Crippen LogP contribution in [0.1, 0.15) is 23.4 Å². The number of hydrogen-bond donors (Lipinski definition) is 0. The summed E-state index contributed by atoms with van der Waals surface area (Å²) >= 11 is 0. The molecular weight excluding hydrogens is 286 g/mol. The van der Waals surface area contributed by atoms with E-state index in [1.807, 2.05) is 4.90 Å². The molecule has 2 heterocycles. The molecule has 122 valence electrons. The van der Waals surface area contributed by atoms with Gasteiger partial charge in [0.1, 0.15) is 0 Å². The smallest absolute Gasteiger partial charge is 0.292 e. The highest BCUT2D eigenvalue weighted by Gasteiger charge is 2.31. The number of ether oxygens (including phenoxy) is 2. The number of carbonyl (C=O) groups excluding carboxylic acids is 1. The van der Waals surface area contributed by atoms with Gasteiger partial charge < -0.3 is 23.8 Å². The van der Waals surface area contributed by atoms with Crippen molar-refractivity contribution >= 4 is 5.91 Å². The fourth-order valence-electron chi connectivity index (χ4n) is 2.69. The highest BCUT2D eigenvalue weighted by Crippen LogP contribution is 2.30. The van der Waals surface area contributed by atoms with Crippen molar-refractivity contribution in [3.8, 4) is 5.88 Å². The first kappa shape index (κ1) is 15.3. The molecule has 0 spiro atoms. The Morgan fingerprint density at radius 1 is 1.50 bits per heavy atom. The van der Waals surface area contributed by atoms with Crippen LogP contribution in [0.15, 0.2) is 10.6 Å². The quantitative estimate of drug-likeness (QED) is 0.776. The van der Waals surface area contributed by atoms with E-state index in [4.69, 9.17) is 14.0 Å². The summed E-state index contributed by atoms with van der Waals surface area (Å²) < 4.78 is 15.9. The van der Waals surface area contributed by atoms with Crippen LogP contribution in [0.5, 0.6) is 5.88 Å². The fourth-order valence-corrected chi connectivity index (χ4v) is 2.69. The molecule has 0 N–H and O–H groups in total. The average molecular weight is 309 g/mol. The highest BCUT2D eigenvalue weighted by molar-refractivity contribution is 5.91. The van der Waals surface area contributed by atoms with E-state index in [0.29, 0.717) is 24.9 Å². The summed E-state index contributed by atoms with van der Waals surface area (Å²) in [5, 5.41) is 3.71. The van der Waals surface area contributed by atoms with Gasteiger partial charge in [0.2, 0.25) is 5.76 Å². The number of carbonyl (C=O) groups is 1. The maximum Gasteiger partial charge on any atom is 0.292 e. The van der Waals surface area contributed by atoms with Gasteiger partial charge in [-0.1, -0.05) is 0 Å². The van der Waals surface area contributed by atoms with Crippen molar-refractivity contribution in [3.63, 3.8) is 0 Å². The van der Waals surface area contributed by atoms with E-state index in [0.717, 1.165) is 19.6 Å². The van der Waals surface area contributed by atoms with Crippen molar-refractivity contribution in [2.45, 2.75) is 18.9 Å². The van der Waals surface area contributed by atoms with E-state index >= 15 is 0 Å². The number of methoxy groups -OCH3 is 1. The largest absolute Gasteiger partial charge is 0.479 e. The zero-order chi connectivity index (χ0) is 15.5. The predicted octanol–water partition coefficient (Wildman–Crippen LogP) is 0.866. The first-order chi connectivity index (χ1) is 10.7. The molecule has 7 nitrogen and oxygen atoms in total. The van der Waals surface area contributed by atoms with Crippen LogP contribution >= 0.6 is 0 Å². The summed E-state index contributed by atoms with van der Waals surface area (Å²) in [4.78, 5) is 16.7. The maximum absolute atomic E-state index is 12.7. The van der Waals surface area contributed by atoms with Crippen molar-refractivity contribution in [2.75, 3.05) is 46.9 Å². The van der Waals surface area contributed by atoms with Gasteiger partial charge in [0, 0.05) is 26.2 Å². The van der Waals surface area contributed by atoms with Crippen molar-refractivity contribution in [2.24, 2.45) is 5.92 Å². The number of rotatable bonds is 6. The monoisotopic (exact) mass is 309 g/mol. The molecule has 1 unspecified atom stereocenters. The molecule has 2 aliphatic rings. The third-order valence-corrected chi connectivity index (χ3v) is 4.14. The number of likely N-dealkylation sites (N-methyl/N-ethyl adjacent to an activating group) is 1. The van der Waals surface area contributed by atoms with Crippen molar-refractivity contribution in [1.29, 1.82) is 0 Å². The summed E-state index contributed by atoms with van der Waals surface area (Å²) in [6.07, 6.45) is 2.43. The molecule has 2 fully saturated rings. The number of amides is 1. The van der Waals surface area contributed by atoms with E-state index in [9.17, 15) is 4.79 Å². The van der Waals surface area contributed by atoms with Crippen molar-refractivity contribution in [3.05, 3.63) is 11.8 Å². The molecule has 3 rings (SSSR count). The van der Waals surface area contributed by atoms with Crippen LogP contribution in [-0.4, -0.2) is 73.9 Å². The Bertz CT molecular complexity index is 515. The molecule has 1 aromatic heterocycles. The normalized spacial score (nSPS) is 22.5. The topological polar surface area (TPSA) is 68.0 Å². The minimum Gasteiger partial charge on any atom is -0.479 e. The van der Waals surface area contributed by atoms with Gasteiger partial charge >= 0.3 is 0 Å². The van der Waals surface area contributed by atoms with E-state index in [1.165, 1.54) is 26.0 Å². The lowest BCUT2D eigenvalue weighted by Crippen LogP contribution is -2.48. The SMILES string of the molecule is COc1cc(C(=O)N(CC2CC2)CC2CN(C)CCO2)on1. The first-order valence-electron chi connectivity index (χ1n) is 7.76. The van der Waals surface area contributed by atoms with E-state index in [1.54, 1.807) is 0 Å². The number of aromatic nitrogens is 1. The molecule has 0 aromatic carbocycles. The number of morpholine rings is 1. The molecule has 1 aliphatic carbocycles. The van der Waals surface area contributed by atoms with Crippen molar-refractivity contribution < 1.29 is 18.8 Å². The molecule has 1 aliphatic heterocycles. The molecule has 1 atom stereocenters. The Hall–Kier alpha value is -1.60. The first-order valence-corrected chi connectivity index (χ1v) is 7.76. The Balaban J connectivity index is 1.66.